The lowest BCUT2D eigenvalue weighted by atomic mass is 9.89. The SMILES string of the molecule is OC[C@@H]1O[C@H](OC2=C(c3ccc(O)cc3)OC3C=C(O)C=C4OC(C(O)=[OH+])=CC2=C43)[C@@H](O)[C@H](O)[C@H]1O. The van der Waals surface area contributed by atoms with Gasteiger partial charge in [-0.3, -0.25) is 0 Å². The number of carboxylic acid groups (broad SMARTS) is 1. The fourth-order valence-corrected chi connectivity index (χ4v) is 4.27. The van der Waals surface area contributed by atoms with Crippen LogP contribution in [0.3, 0.4) is 0 Å². The number of phenolic OH excluding ortho intramolecular Hbond substituents is 1. The van der Waals surface area contributed by atoms with Crippen LogP contribution >= 0.6 is 0 Å². The quantitative estimate of drug-likeness (QED) is 0.264. The molecule has 5 rings (SSSR count). The molecule has 0 aromatic heterocycles. The van der Waals surface area contributed by atoms with Crippen molar-refractivity contribution >= 4 is 11.7 Å². The molecule has 0 radical (unpaired) electrons. The van der Waals surface area contributed by atoms with Gasteiger partial charge in [-0.1, -0.05) is 0 Å². The number of hydrogen-bond acceptors (Lipinski definition) is 10. The number of hydrogen-bond donors (Lipinski definition) is 7. The first-order chi connectivity index (χ1) is 17.2. The van der Waals surface area contributed by atoms with Gasteiger partial charge >= 0.3 is 5.97 Å². The van der Waals surface area contributed by atoms with E-state index in [4.69, 9.17) is 18.9 Å². The van der Waals surface area contributed by atoms with Crippen molar-refractivity contribution in [3.05, 3.63) is 82.2 Å². The van der Waals surface area contributed by atoms with Gasteiger partial charge in [0.05, 0.1) is 12.2 Å². The summed E-state index contributed by atoms with van der Waals surface area (Å²) in [5.74, 6) is -1.77. The Morgan fingerprint density at radius 2 is 1.72 bits per heavy atom. The van der Waals surface area contributed by atoms with Crippen molar-refractivity contribution in [3.8, 4) is 5.75 Å². The second kappa shape index (κ2) is 9.00. The van der Waals surface area contributed by atoms with Gasteiger partial charge in [0.25, 0.3) is 5.76 Å². The van der Waals surface area contributed by atoms with E-state index in [1.807, 2.05) is 0 Å². The molecule has 3 aliphatic heterocycles. The zero-order valence-corrected chi connectivity index (χ0v) is 18.4. The molecule has 0 saturated carbocycles. The van der Waals surface area contributed by atoms with E-state index in [0.29, 0.717) is 11.1 Å². The van der Waals surface area contributed by atoms with E-state index >= 15 is 0 Å². The molecular formula is C24H23O12+. The van der Waals surface area contributed by atoms with E-state index in [-0.39, 0.29) is 40.1 Å². The van der Waals surface area contributed by atoms with E-state index in [0.717, 1.165) is 0 Å². The molecule has 1 unspecified atom stereocenters. The summed E-state index contributed by atoms with van der Waals surface area (Å²) in [4.78, 5) is 9.71. The Morgan fingerprint density at radius 1 is 1.00 bits per heavy atom. The molecule has 4 aliphatic rings. The second-order valence-corrected chi connectivity index (χ2v) is 8.42. The highest BCUT2D eigenvalue weighted by Gasteiger charge is 2.47. The van der Waals surface area contributed by atoms with Gasteiger partial charge in [0.15, 0.2) is 17.6 Å². The monoisotopic (exact) mass is 503 g/mol. The van der Waals surface area contributed by atoms with Crippen molar-refractivity contribution < 1.29 is 59.5 Å². The fourth-order valence-electron chi connectivity index (χ4n) is 4.27. The van der Waals surface area contributed by atoms with Crippen molar-refractivity contribution in [1.82, 2.24) is 0 Å². The number of aliphatic hydroxyl groups is 5. The molecular weight excluding hydrogens is 480 g/mol. The van der Waals surface area contributed by atoms with Crippen LogP contribution in [0, 0.1) is 0 Å². The molecule has 0 spiro atoms. The summed E-state index contributed by atoms with van der Waals surface area (Å²) in [5.41, 5.74) is 0.949. The number of aromatic hydroxyl groups is 1. The molecule has 1 saturated heterocycles. The zero-order chi connectivity index (χ0) is 25.7. The van der Waals surface area contributed by atoms with Crippen LogP contribution < -0.4 is 0 Å². The summed E-state index contributed by atoms with van der Waals surface area (Å²) in [6, 6.07) is 5.80. The Labute approximate surface area is 203 Å². The second-order valence-electron chi connectivity index (χ2n) is 8.42. The van der Waals surface area contributed by atoms with Gasteiger partial charge in [0.1, 0.15) is 41.7 Å². The van der Waals surface area contributed by atoms with E-state index < -0.39 is 49.4 Å². The summed E-state index contributed by atoms with van der Waals surface area (Å²) in [6.45, 7) is -0.677. The average molecular weight is 503 g/mol. The first kappa shape index (κ1) is 23.9. The van der Waals surface area contributed by atoms with Crippen LogP contribution in [-0.2, 0) is 18.9 Å². The fraction of sp³-hybridized carbons (Fsp3) is 0.292. The Hall–Kier alpha value is -3.81. The van der Waals surface area contributed by atoms with Crippen LogP contribution in [0.4, 0.5) is 0 Å². The Balaban J connectivity index is 1.67. The Bertz CT molecular complexity index is 1240. The van der Waals surface area contributed by atoms with Gasteiger partial charge in [-0.25, -0.2) is 0 Å². The standard InChI is InChI=1S/C24H22O12/c25-8-16-18(28)19(29)20(30)24(35-16)36-22-12-7-15(23(31)32)33-13-5-11(27)6-14(17(12)13)34-21(22)9-1-3-10(26)4-2-9/h1-7,14,16,18-20,24-30H,8H2,(H,31,32)/p+1/t14?,16-,18-,19+,20-,24+/m0/s1. The number of carboxylic acids is 1. The maximum absolute atomic E-state index is 10.5. The molecule has 8 N–H and O–H groups in total. The zero-order valence-electron chi connectivity index (χ0n) is 18.4. The van der Waals surface area contributed by atoms with E-state index in [1.165, 1.54) is 42.5 Å². The molecule has 1 aromatic rings. The van der Waals surface area contributed by atoms with Crippen LogP contribution in [-0.4, -0.2) is 89.9 Å². The lowest BCUT2D eigenvalue weighted by molar-refractivity contribution is -0.290. The molecule has 0 bridgehead atoms. The van der Waals surface area contributed by atoms with E-state index in [2.05, 4.69) is 0 Å². The minimum Gasteiger partial charge on any atom is -0.508 e. The molecule has 1 aromatic carbocycles. The molecule has 6 atom stereocenters. The summed E-state index contributed by atoms with van der Waals surface area (Å²) in [5, 5.41) is 70.0. The van der Waals surface area contributed by atoms with Crippen molar-refractivity contribution in [3.63, 3.8) is 0 Å². The predicted molar refractivity (Wildman–Crippen MR) is 119 cm³/mol. The summed E-state index contributed by atoms with van der Waals surface area (Å²) in [6.07, 6.45) is -4.95. The highest BCUT2D eigenvalue weighted by atomic mass is 16.7. The molecule has 12 heteroatoms. The number of aliphatic carboxylic acids is 1. The van der Waals surface area contributed by atoms with Crippen LogP contribution in [0.2, 0.25) is 0 Å². The topological polar surface area (TPSA) is 200 Å². The van der Waals surface area contributed by atoms with Gasteiger partial charge in [-0.05, 0) is 24.3 Å². The van der Waals surface area contributed by atoms with Crippen molar-refractivity contribution in [1.29, 1.82) is 0 Å². The first-order valence-electron chi connectivity index (χ1n) is 10.9. The maximum Gasteiger partial charge on any atom is 0.552 e. The highest BCUT2D eigenvalue weighted by molar-refractivity contribution is 5.88. The largest absolute Gasteiger partial charge is 0.552 e. The van der Waals surface area contributed by atoms with Crippen molar-refractivity contribution in [2.24, 2.45) is 0 Å². The minimum atomic E-state index is -1.74. The number of phenols is 1. The third-order valence-electron chi connectivity index (χ3n) is 6.06. The number of benzene rings is 1. The summed E-state index contributed by atoms with van der Waals surface area (Å²) >= 11 is 0. The normalized spacial score (nSPS) is 31.4. The number of ether oxygens (including phenoxy) is 4. The Kier molecular flexibility index (Phi) is 5.98. The molecule has 190 valence electrons. The molecule has 0 amide bonds. The summed E-state index contributed by atoms with van der Waals surface area (Å²) < 4.78 is 23.1. The molecule has 12 nitrogen and oxygen atoms in total. The number of allylic oxidation sites excluding steroid dienone is 2. The van der Waals surface area contributed by atoms with Crippen molar-refractivity contribution in [2.45, 2.75) is 36.8 Å². The van der Waals surface area contributed by atoms with E-state index in [1.54, 1.807) is 0 Å². The Morgan fingerprint density at radius 3 is 2.39 bits per heavy atom. The molecule has 36 heavy (non-hydrogen) atoms. The first-order valence-corrected chi connectivity index (χ1v) is 10.9. The van der Waals surface area contributed by atoms with Crippen LogP contribution in [0.25, 0.3) is 5.76 Å². The smallest absolute Gasteiger partial charge is 0.508 e. The number of rotatable bonds is 5. The van der Waals surface area contributed by atoms with Gasteiger partial charge in [-0.15, -0.1) is 0 Å². The molecule has 1 fully saturated rings. The van der Waals surface area contributed by atoms with Crippen molar-refractivity contribution in [2.75, 3.05) is 6.61 Å². The lowest BCUT2D eigenvalue weighted by Crippen LogP contribution is -2.59. The third-order valence-corrected chi connectivity index (χ3v) is 6.06. The van der Waals surface area contributed by atoms with Crippen LogP contribution in [0.5, 0.6) is 5.75 Å². The number of aliphatic hydroxyl groups excluding tert-OH is 6. The minimum absolute atomic E-state index is 0.0278. The van der Waals surface area contributed by atoms with Crippen LogP contribution in [0.15, 0.2) is 76.7 Å². The lowest BCUT2D eigenvalue weighted by Gasteiger charge is -2.41. The maximum atomic E-state index is 10.5. The molecule has 3 heterocycles. The van der Waals surface area contributed by atoms with E-state index in [9.17, 15) is 40.5 Å². The molecule has 1 aliphatic carbocycles. The van der Waals surface area contributed by atoms with Crippen LogP contribution in [0.1, 0.15) is 5.56 Å². The van der Waals surface area contributed by atoms with Gasteiger partial charge in [0, 0.05) is 29.4 Å². The van der Waals surface area contributed by atoms with Gasteiger partial charge in [-0.2, -0.15) is 0 Å². The third kappa shape index (κ3) is 4.00. The van der Waals surface area contributed by atoms with Gasteiger partial charge < -0.3 is 59.5 Å². The summed E-state index contributed by atoms with van der Waals surface area (Å²) in [7, 11) is 0. The predicted octanol–water partition coefficient (Wildman–Crippen LogP) is -0.113. The highest BCUT2D eigenvalue weighted by Crippen LogP contribution is 2.46. The average Bonchev–Trinajstić information content (AvgIpc) is 2.85. The van der Waals surface area contributed by atoms with Gasteiger partial charge in [0.2, 0.25) is 6.29 Å².